The molecule has 0 fully saturated rings. The monoisotopic (exact) mass is 437 g/mol. The van der Waals surface area contributed by atoms with Crippen LogP contribution in [0.4, 0.5) is 5.69 Å². The molecule has 3 aromatic rings. The Bertz CT molecular complexity index is 806. The molecule has 0 aliphatic heterocycles. The molecule has 1 N–H and O–H groups in total. The zero-order valence-electron chi connectivity index (χ0n) is 12.0. The van der Waals surface area contributed by atoms with Gasteiger partial charge in [0, 0.05) is 16.0 Å². The zero-order valence-corrected chi connectivity index (χ0v) is 14.9. The summed E-state index contributed by atoms with van der Waals surface area (Å²) in [5.41, 5.74) is 1.44. The van der Waals surface area contributed by atoms with E-state index in [0.717, 1.165) is 9.13 Å². The minimum atomic E-state index is -0.554. The van der Waals surface area contributed by atoms with Crippen LogP contribution in [0.15, 0.2) is 67.0 Å². The van der Waals surface area contributed by atoms with Crippen LogP contribution in [-0.2, 0) is 4.79 Å². The number of rotatable bonds is 4. The first-order valence-corrected chi connectivity index (χ1v) is 8.41. The number of aromatic nitrogens is 2. The van der Waals surface area contributed by atoms with E-state index in [4.69, 9.17) is 11.6 Å². The van der Waals surface area contributed by atoms with Crippen molar-refractivity contribution in [3.05, 3.63) is 81.1 Å². The fraction of sp³-hybridized carbons (Fsp3) is 0.0588. The SMILES string of the molecule is O=C(Nc1ccc(I)cc1Cl)C(c1ccccc1)n1cccn1. The second-order valence-electron chi connectivity index (χ2n) is 4.91. The summed E-state index contributed by atoms with van der Waals surface area (Å²) in [4.78, 5) is 12.8. The quantitative estimate of drug-likeness (QED) is 0.616. The molecule has 0 bridgehead atoms. The Morgan fingerprint density at radius 2 is 1.96 bits per heavy atom. The average molecular weight is 438 g/mol. The van der Waals surface area contributed by atoms with Crippen molar-refractivity contribution in [1.82, 2.24) is 9.78 Å². The maximum atomic E-state index is 12.8. The second kappa shape index (κ2) is 7.14. The Morgan fingerprint density at radius 1 is 1.17 bits per heavy atom. The first-order valence-electron chi connectivity index (χ1n) is 6.95. The number of benzene rings is 2. The van der Waals surface area contributed by atoms with Gasteiger partial charge in [0.2, 0.25) is 0 Å². The molecule has 0 saturated heterocycles. The lowest BCUT2D eigenvalue weighted by atomic mass is 10.1. The number of nitrogens with one attached hydrogen (secondary N) is 1. The van der Waals surface area contributed by atoms with Crippen molar-refractivity contribution in [2.45, 2.75) is 6.04 Å². The van der Waals surface area contributed by atoms with Gasteiger partial charge in [0.15, 0.2) is 6.04 Å². The molecule has 0 aliphatic carbocycles. The lowest BCUT2D eigenvalue weighted by Gasteiger charge is -2.18. The summed E-state index contributed by atoms with van der Waals surface area (Å²) in [6.45, 7) is 0. The summed E-state index contributed by atoms with van der Waals surface area (Å²) < 4.78 is 2.64. The third-order valence-electron chi connectivity index (χ3n) is 3.34. The average Bonchev–Trinajstić information content (AvgIpc) is 3.05. The van der Waals surface area contributed by atoms with Gasteiger partial charge in [-0.25, -0.2) is 0 Å². The predicted octanol–water partition coefficient (Wildman–Crippen LogP) is 4.37. The molecule has 1 amide bonds. The van der Waals surface area contributed by atoms with E-state index >= 15 is 0 Å². The van der Waals surface area contributed by atoms with Crippen molar-refractivity contribution in [2.24, 2.45) is 0 Å². The Balaban J connectivity index is 1.92. The van der Waals surface area contributed by atoms with Gasteiger partial charge in [0.1, 0.15) is 0 Å². The smallest absolute Gasteiger partial charge is 0.253 e. The van der Waals surface area contributed by atoms with Gasteiger partial charge in [-0.1, -0.05) is 41.9 Å². The van der Waals surface area contributed by atoms with E-state index in [9.17, 15) is 4.79 Å². The van der Waals surface area contributed by atoms with Gasteiger partial charge >= 0.3 is 0 Å². The Labute approximate surface area is 152 Å². The van der Waals surface area contributed by atoms with Crippen molar-refractivity contribution in [3.63, 3.8) is 0 Å². The summed E-state index contributed by atoms with van der Waals surface area (Å²) >= 11 is 8.38. The Kier molecular flexibility index (Phi) is 4.97. The van der Waals surface area contributed by atoms with Gasteiger partial charge in [-0.05, 0) is 52.4 Å². The minimum absolute atomic E-state index is 0.192. The first kappa shape index (κ1) is 16.0. The molecular weight excluding hydrogens is 425 g/mol. The van der Waals surface area contributed by atoms with Crippen molar-refractivity contribution in [3.8, 4) is 0 Å². The van der Waals surface area contributed by atoms with E-state index in [1.165, 1.54) is 0 Å². The fourth-order valence-corrected chi connectivity index (χ4v) is 3.19. The molecule has 1 atom stereocenters. The van der Waals surface area contributed by atoms with Gasteiger partial charge < -0.3 is 5.32 Å². The largest absolute Gasteiger partial charge is 0.323 e. The minimum Gasteiger partial charge on any atom is -0.323 e. The Hall–Kier alpha value is -1.86. The standard InChI is InChI=1S/C17H13ClIN3O/c18-14-11-13(19)7-8-15(14)21-17(23)16(22-10-4-9-20-22)12-5-2-1-3-6-12/h1-11,16H,(H,21,23). The molecule has 1 heterocycles. The van der Waals surface area contributed by atoms with E-state index in [2.05, 4.69) is 33.0 Å². The normalized spacial score (nSPS) is 11.9. The zero-order chi connectivity index (χ0) is 16.2. The first-order chi connectivity index (χ1) is 11.1. The van der Waals surface area contributed by atoms with Crippen molar-refractivity contribution in [2.75, 3.05) is 5.32 Å². The van der Waals surface area contributed by atoms with Gasteiger partial charge in [0.05, 0.1) is 10.7 Å². The van der Waals surface area contributed by atoms with Crippen LogP contribution in [0.1, 0.15) is 11.6 Å². The fourth-order valence-electron chi connectivity index (χ4n) is 2.28. The molecule has 1 unspecified atom stereocenters. The highest BCUT2D eigenvalue weighted by molar-refractivity contribution is 14.1. The number of carbonyl (C=O) groups is 1. The Morgan fingerprint density at radius 3 is 2.61 bits per heavy atom. The van der Waals surface area contributed by atoms with Gasteiger partial charge in [-0.3, -0.25) is 9.48 Å². The van der Waals surface area contributed by atoms with Crippen LogP contribution in [-0.4, -0.2) is 15.7 Å². The van der Waals surface area contributed by atoms with Gasteiger partial charge in [-0.15, -0.1) is 0 Å². The van der Waals surface area contributed by atoms with Crippen LogP contribution in [0.5, 0.6) is 0 Å². The van der Waals surface area contributed by atoms with E-state index in [1.54, 1.807) is 29.2 Å². The number of hydrogen-bond acceptors (Lipinski definition) is 2. The predicted molar refractivity (Wildman–Crippen MR) is 99.6 cm³/mol. The lowest BCUT2D eigenvalue weighted by molar-refractivity contribution is -0.118. The van der Waals surface area contributed by atoms with Gasteiger partial charge in [0.25, 0.3) is 5.91 Å². The van der Waals surface area contributed by atoms with Crippen LogP contribution in [0.2, 0.25) is 5.02 Å². The maximum Gasteiger partial charge on any atom is 0.253 e. The topological polar surface area (TPSA) is 46.9 Å². The molecule has 0 radical (unpaired) electrons. The number of halogens is 2. The van der Waals surface area contributed by atoms with E-state index in [-0.39, 0.29) is 5.91 Å². The van der Waals surface area contributed by atoms with E-state index < -0.39 is 6.04 Å². The van der Waals surface area contributed by atoms with Crippen molar-refractivity contribution in [1.29, 1.82) is 0 Å². The summed E-state index contributed by atoms with van der Waals surface area (Å²) in [5.74, 6) is -0.192. The highest BCUT2D eigenvalue weighted by Gasteiger charge is 2.23. The van der Waals surface area contributed by atoms with Crippen molar-refractivity contribution < 1.29 is 4.79 Å². The molecule has 1 aromatic heterocycles. The maximum absolute atomic E-state index is 12.8. The molecule has 116 valence electrons. The van der Waals surface area contributed by atoms with Crippen molar-refractivity contribution >= 4 is 45.8 Å². The van der Waals surface area contributed by atoms with Crippen LogP contribution >= 0.6 is 34.2 Å². The highest BCUT2D eigenvalue weighted by atomic mass is 127. The number of amides is 1. The molecule has 4 nitrogen and oxygen atoms in total. The summed E-state index contributed by atoms with van der Waals surface area (Å²) in [6.07, 6.45) is 3.42. The van der Waals surface area contributed by atoms with E-state index in [1.807, 2.05) is 42.5 Å². The molecule has 3 rings (SSSR count). The van der Waals surface area contributed by atoms with Crippen LogP contribution < -0.4 is 5.32 Å². The summed E-state index contributed by atoms with van der Waals surface area (Å²) in [7, 11) is 0. The highest BCUT2D eigenvalue weighted by Crippen LogP contribution is 2.26. The molecule has 23 heavy (non-hydrogen) atoms. The van der Waals surface area contributed by atoms with Gasteiger partial charge in [-0.2, -0.15) is 5.10 Å². The lowest BCUT2D eigenvalue weighted by Crippen LogP contribution is -2.27. The molecule has 6 heteroatoms. The molecular formula is C17H13ClIN3O. The van der Waals surface area contributed by atoms with E-state index in [0.29, 0.717) is 10.7 Å². The third-order valence-corrected chi connectivity index (χ3v) is 4.33. The molecule has 2 aromatic carbocycles. The van der Waals surface area contributed by atoms with Crippen LogP contribution in [0.25, 0.3) is 0 Å². The van der Waals surface area contributed by atoms with Crippen LogP contribution in [0.3, 0.4) is 0 Å². The summed E-state index contributed by atoms with van der Waals surface area (Å²) in [5, 5.41) is 7.61. The second-order valence-corrected chi connectivity index (χ2v) is 6.57. The number of carbonyl (C=O) groups excluding carboxylic acids is 1. The third kappa shape index (κ3) is 3.73. The number of anilines is 1. The molecule has 0 spiro atoms. The number of hydrogen-bond donors (Lipinski definition) is 1. The molecule has 0 aliphatic rings. The summed E-state index contributed by atoms with van der Waals surface area (Å²) in [6, 6.07) is 16.3. The number of nitrogens with zero attached hydrogens (tertiary/aromatic N) is 2. The van der Waals surface area contributed by atoms with Crippen LogP contribution in [0, 0.1) is 3.57 Å². The molecule has 0 saturated carbocycles.